The second-order valence-corrected chi connectivity index (χ2v) is 10.5. The van der Waals surface area contributed by atoms with Crippen LogP contribution in [-0.4, -0.2) is 13.4 Å². The first-order valence-electron chi connectivity index (χ1n) is 7.75. The summed E-state index contributed by atoms with van der Waals surface area (Å²) in [6, 6.07) is 5.25. The minimum absolute atomic E-state index is 0.0254. The molecule has 0 radical (unpaired) electrons. The van der Waals surface area contributed by atoms with E-state index in [1.165, 1.54) is 22.7 Å². The molecule has 0 spiro atoms. The predicted octanol–water partition coefficient (Wildman–Crippen LogP) is 4.55. The van der Waals surface area contributed by atoms with Crippen molar-refractivity contribution in [3.05, 3.63) is 46.2 Å². The van der Waals surface area contributed by atoms with Gasteiger partial charge in [-0.1, -0.05) is 20.8 Å². The molecule has 0 unspecified atom stereocenters. The molecule has 0 amide bonds. The fourth-order valence-corrected chi connectivity index (χ4v) is 5.45. The Morgan fingerprint density at radius 1 is 1.20 bits per heavy atom. The fraction of sp³-hybridized carbons (Fsp3) is 0.353. The lowest BCUT2D eigenvalue weighted by molar-refractivity contribution is 0.475. The van der Waals surface area contributed by atoms with E-state index in [4.69, 9.17) is 4.42 Å². The molecule has 0 aliphatic heterocycles. The summed E-state index contributed by atoms with van der Waals surface area (Å²) in [5, 5.41) is 4.69. The van der Waals surface area contributed by atoms with Crippen molar-refractivity contribution >= 4 is 32.7 Å². The molecule has 0 saturated heterocycles. The van der Waals surface area contributed by atoms with Gasteiger partial charge < -0.3 is 4.42 Å². The molecular weight excluding hydrogens is 376 g/mol. The molecule has 0 aliphatic carbocycles. The van der Waals surface area contributed by atoms with E-state index in [0.29, 0.717) is 5.76 Å². The van der Waals surface area contributed by atoms with Gasteiger partial charge in [0.25, 0.3) is 0 Å². The normalized spacial score (nSPS) is 12.6. The fourth-order valence-electron chi connectivity index (χ4n) is 2.14. The quantitative estimate of drug-likeness (QED) is 0.687. The Labute approximate surface area is 155 Å². The van der Waals surface area contributed by atoms with Crippen LogP contribution in [0.3, 0.4) is 0 Å². The van der Waals surface area contributed by atoms with Gasteiger partial charge in [-0.2, -0.15) is 0 Å². The lowest BCUT2D eigenvalue weighted by Crippen LogP contribution is -2.22. The zero-order valence-electron chi connectivity index (χ0n) is 14.5. The predicted molar refractivity (Wildman–Crippen MR) is 102 cm³/mol. The van der Waals surface area contributed by atoms with Crippen LogP contribution in [-0.2, 0) is 22.0 Å². The van der Waals surface area contributed by atoms with Crippen LogP contribution in [0.15, 0.2) is 37.6 Å². The van der Waals surface area contributed by atoms with E-state index < -0.39 is 10.0 Å². The molecule has 5 nitrogen and oxygen atoms in total. The van der Waals surface area contributed by atoms with Crippen molar-refractivity contribution in [2.45, 2.75) is 43.9 Å². The average molecular weight is 397 g/mol. The van der Waals surface area contributed by atoms with Crippen LogP contribution >= 0.6 is 22.7 Å². The van der Waals surface area contributed by atoms with E-state index >= 15 is 0 Å². The van der Waals surface area contributed by atoms with Crippen molar-refractivity contribution in [2.24, 2.45) is 0 Å². The van der Waals surface area contributed by atoms with Crippen molar-refractivity contribution in [3.8, 4) is 10.6 Å². The molecule has 0 bridgehead atoms. The highest BCUT2D eigenvalue weighted by atomic mass is 32.2. The minimum atomic E-state index is -3.57. The summed E-state index contributed by atoms with van der Waals surface area (Å²) >= 11 is 2.73. The zero-order chi connectivity index (χ0) is 18.2. The van der Waals surface area contributed by atoms with Gasteiger partial charge in [0.15, 0.2) is 0 Å². The summed E-state index contributed by atoms with van der Waals surface area (Å²) in [5.74, 6) is 1.35. The smallest absolute Gasteiger partial charge is 0.250 e. The van der Waals surface area contributed by atoms with Gasteiger partial charge in [0.1, 0.15) is 20.7 Å². The third-order valence-corrected chi connectivity index (χ3v) is 7.32. The van der Waals surface area contributed by atoms with Gasteiger partial charge in [0, 0.05) is 21.7 Å². The third kappa shape index (κ3) is 4.20. The number of rotatable bonds is 5. The van der Waals surface area contributed by atoms with Crippen LogP contribution < -0.4 is 4.72 Å². The molecule has 3 heterocycles. The number of nitrogens with one attached hydrogen (secondary N) is 1. The molecule has 1 N–H and O–H groups in total. The lowest BCUT2D eigenvalue weighted by atomic mass is 9.93. The first-order valence-corrected chi connectivity index (χ1v) is 11.0. The van der Waals surface area contributed by atoms with E-state index in [9.17, 15) is 8.42 Å². The Bertz CT molecular complexity index is 975. The standard InChI is InChI=1S/C17H20N2O3S3/c1-11-5-6-13(22-11)8-18-25(20,21)15-7-12(9-23-15)16-19-14(10-24-16)17(2,3)4/h5-7,9-10,18H,8H2,1-4H3. The van der Waals surface area contributed by atoms with Crippen LogP contribution in [0.5, 0.6) is 0 Å². The summed E-state index contributed by atoms with van der Waals surface area (Å²) in [6.07, 6.45) is 0. The molecule has 0 fully saturated rings. The topological polar surface area (TPSA) is 72.2 Å². The van der Waals surface area contributed by atoms with E-state index in [0.717, 1.165) is 22.0 Å². The minimum Gasteiger partial charge on any atom is -0.465 e. The second kappa shape index (κ2) is 6.68. The van der Waals surface area contributed by atoms with Crippen molar-refractivity contribution < 1.29 is 12.8 Å². The monoisotopic (exact) mass is 396 g/mol. The first-order chi connectivity index (χ1) is 11.6. The molecule has 8 heteroatoms. The number of aryl methyl sites for hydroxylation is 1. The number of thiazole rings is 1. The molecule has 3 aromatic heterocycles. The maximum atomic E-state index is 12.5. The van der Waals surface area contributed by atoms with Crippen molar-refractivity contribution in [1.29, 1.82) is 0 Å². The van der Waals surface area contributed by atoms with E-state index in [1.807, 2.05) is 23.8 Å². The first kappa shape index (κ1) is 18.3. The summed E-state index contributed by atoms with van der Waals surface area (Å²) in [5.41, 5.74) is 1.82. The number of sulfonamides is 1. The van der Waals surface area contributed by atoms with Gasteiger partial charge in [0.05, 0.1) is 12.2 Å². The van der Waals surface area contributed by atoms with Crippen LogP contribution in [0.25, 0.3) is 10.6 Å². The molecule has 0 saturated carbocycles. The number of hydrogen-bond acceptors (Lipinski definition) is 6. The molecule has 0 aromatic carbocycles. The molecule has 3 aromatic rings. The molecule has 134 valence electrons. The van der Waals surface area contributed by atoms with E-state index in [-0.39, 0.29) is 16.2 Å². The Balaban J connectivity index is 1.76. The number of aromatic nitrogens is 1. The van der Waals surface area contributed by atoms with Crippen LogP contribution in [0.2, 0.25) is 0 Å². The molecule has 0 atom stereocenters. The highest BCUT2D eigenvalue weighted by Crippen LogP contribution is 2.33. The van der Waals surface area contributed by atoms with Gasteiger partial charge in [0.2, 0.25) is 10.0 Å². The van der Waals surface area contributed by atoms with Gasteiger partial charge in [-0.3, -0.25) is 0 Å². The second-order valence-electron chi connectivity index (χ2n) is 6.78. The number of hydrogen-bond donors (Lipinski definition) is 1. The van der Waals surface area contributed by atoms with Gasteiger partial charge in [-0.15, -0.1) is 22.7 Å². The molecule has 25 heavy (non-hydrogen) atoms. The number of furan rings is 1. The summed E-state index contributed by atoms with van der Waals surface area (Å²) in [7, 11) is -3.57. The van der Waals surface area contributed by atoms with Crippen molar-refractivity contribution in [1.82, 2.24) is 9.71 Å². The Morgan fingerprint density at radius 3 is 2.56 bits per heavy atom. The summed E-state index contributed by atoms with van der Waals surface area (Å²) < 4.78 is 33.2. The Morgan fingerprint density at radius 2 is 1.96 bits per heavy atom. The Hall–Kier alpha value is -1.48. The highest BCUT2D eigenvalue weighted by Gasteiger charge is 2.21. The maximum absolute atomic E-state index is 12.5. The zero-order valence-corrected chi connectivity index (χ0v) is 16.9. The lowest BCUT2D eigenvalue weighted by Gasteiger charge is -2.14. The molecule has 0 aliphatic rings. The molecule has 3 rings (SSSR count). The average Bonchev–Trinajstić information content (AvgIpc) is 3.24. The van der Waals surface area contributed by atoms with Gasteiger partial charge >= 0.3 is 0 Å². The van der Waals surface area contributed by atoms with Gasteiger partial charge in [-0.25, -0.2) is 18.1 Å². The van der Waals surface area contributed by atoms with E-state index in [1.54, 1.807) is 12.1 Å². The summed E-state index contributed by atoms with van der Waals surface area (Å²) in [4.78, 5) is 4.64. The maximum Gasteiger partial charge on any atom is 0.250 e. The number of nitrogens with zero attached hydrogens (tertiary/aromatic N) is 1. The van der Waals surface area contributed by atoms with Crippen molar-refractivity contribution in [3.63, 3.8) is 0 Å². The van der Waals surface area contributed by atoms with E-state index in [2.05, 4.69) is 30.5 Å². The molecular formula is C17H20N2O3S3. The summed E-state index contributed by atoms with van der Waals surface area (Å²) in [6.45, 7) is 8.28. The van der Waals surface area contributed by atoms with Crippen molar-refractivity contribution in [2.75, 3.05) is 0 Å². The highest BCUT2D eigenvalue weighted by molar-refractivity contribution is 7.91. The van der Waals surface area contributed by atoms with Crippen LogP contribution in [0.1, 0.15) is 38.0 Å². The largest absolute Gasteiger partial charge is 0.465 e. The SMILES string of the molecule is Cc1ccc(CNS(=O)(=O)c2cc(-c3nc(C(C)(C)C)cs3)cs2)o1. The third-order valence-electron chi connectivity index (χ3n) is 3.59. The van der Waals surface area contributed by atoms with Crippen LogP contribution in [0, 0.1) is 6.92 Å². The van der Waals surface area contributed by atoms with Gasteiger partial charge in [-0.05, 0) is 25.1 Å². The Kier molecular flexibility index (Phi) is 4.89. The van der Waals surface area contributed by atoms with Crippen LogP contribution in [0.4, 0.5) is 0 Å². The number of thiophene rings is 1.